The van der Waals surface area contributed by atoms with Crippen molar-refractivity contribution < 1.29 is 21.6 Å². The molecule has 0 unspecified atom stereocenters. The molecule has 114 valence electrons. The van der Waals surface area contributed by atoms with Crippen LogP contribution in [-0.2, 0) is 16.0 Å². The van der Waals surface area contributed by atoms with Crippen LogP contribution in [-0.4, -0.2) is 8.42 Å². The molecule has 0 spiro atoms. The van der Waals surface area contributed by atoms with Gasteiger partial charge in [0.05, 0.1) is 10.5 Å². The van der Waals surface area contributed by atoms with Crippen LogP contribution in [0.2, 0.25) is 0 Å². The van der Waals surface area contributed by atoms with Crippen LogP contribution in [0.15, 0.2) is 53.4 Å². The molecule has 0 N–H and O–H groups in total. The summed E-state index contributed by atoms with van der Waals surface area (Å²) in [5, 5.41) is 2.11. The number of hydrogen-bond donors (Lipinski definition) is 0. The third-order valence-electron chi connectivity index (χ3n) is 2.87. The van der Waals surface area contributed by atoms with Crippen LogP contribution in [0.3, 0.4) is 0 Å². The molecular weight excluding hydrogens is 313 g/mol. The minimum atomic E-state index is -4.43. The van der Waals surface area contributed by atoms with Crippen molar-refractivity contribution >= 4 is 9.84 Å². The summed E-state index contributed by atoms with van der Waals surface area (Å²) in [4.78, 5) is 0.0533. The van der Waals surface area contributed by atoms with E-state index in [0.717, 1.165) is 29.8 Å². The normalized spacial score (nSPS) is 11.6. The number of hydrogen-bond acceptors (Lipinski definition) is 2. The van der Waals surface area contributed by atoms with Crippen molar-refractivity contribution in [3.63, 3.8) is 0 Å². The molecule has 0 aliphatic heterocycles. The molecule has 0 fully saturated rings. The minimum absolute atomic E-state index is 0.0533. The van der Waals surface area contributed by atoms with E-state index in [1.807, 2.05) is 6.92 Å². The number of aryl methyl sites for hydroxylation is 1. The van der Waals surface area contributed by atoms with Crippen LogP contribution >= 0.6 is 0 Å². The first kappa shape index (κ1) is 16.1. The van der Waals surface area contributed by atoms with Crippen molar-refractivity contribution in [2.45, 2.75) is 18.0 Å². The minimum Gasteiger partial charge on any atom is -0.210 e. The second-order valence-electron chi connectivity index (χ2n) is 4.62. The van der Waals surface area contributed by atoms with Crippen molar-refractivity contribution in [1.82, 2.24) is 0 Å². The number of alkyl halides is 3. The standard InChI is InChI=1S/C16H11F3O2S/c1-12-2-8-15(9-3-12)22(20,21)11-10-13-4-6-14(7-5-13)16(17,18)19/h2-9H,1H3. The molecule has 6 heteroatoms. The van der Waals surface area contributed by atoms with Gasteiger partial charge in [0.15, 0.2) is 0 Å². The summed E-state index contributed by atoms with van der Waals surface area (Å²) < 4.78 is 61.2. The molecule has 2 aromatic carbocycles. The number of halogens is 3. The predicted octanol–water partition coefficient (Wildman–Crippen LogP) is 3.80. The van der Waals surface area contributed by atoms with Gasteiger partial charge in [-0.25, -0.2) is 8.42 Å². The van der Waals surface area contributed by atoms with Gasteiger partial charge in [0.2, 0.25) is 9.84 Å². The first-order valence-corrected chi connectivity index (χ1v) is 7.68. The van der Waals surface area contributed by atoms with E-state index < -0.39 is 21.6 Å². The molecule has 0 atom stereocenters. The van der Waals surface area contributed by atoms with Gasteiger partial charge in [-0.15, -0.1) is 0 Å². The largest absolute Gasteiger partial charge is 0.416 e. The van der Waals surface area contributed by atoms with Gasteiger partial charge in [0.25, 0.3) is 0 Å². The van der Waals surface area contributed by atoms with E-state index in [2.05, 4.69) is 11.2 Å². The molecule has 0 radical (unpaired) electrons. The SMILES string of the molecule is Cc1ccc(S(=O)(=O)C#Cc2ccc(C(F)(F)F)cc2)cc1. The Bertz CT molecular complexity index is 822. The lowest BCUT2D eigenvalue weighted by atomic mass is 10.1. The summed E-state index contributed by atoms with van der Waals surface area (Å²) in [6, 6.07) is 10.2. The number of rotatable bonds is 1. The lowest BCUT2D eigenvalue weighted by molar-refractivity contribution is -0.137. The fraction of sp³-hybridized carbons (Fsp3) is 0.125. The zero-order valence-corrected chi connectivity index (χ0v) is 12.3. The van der Waals surface area contributed by atoms with Crippen molar-refractivity contribution in [2.24, 2.45) is 0 Å². The molecule has 0 bridgehead atoms. The van der Waals surface area contributed by atoms with Crippen molar-refractivity contribution in [3.05, 3.63) is 65.2 Å². The Kier molecular flexibility index (Phi) is 4.29. The molecule has 2 aromatic rings. The highest BCUT2D eigenvalue weighted by Gasteiger charge is 2.29. The van der Waals surface area contributed by atoms with Gasteiger partial charge in [-0.2, -0.15) is 13.2 Å². The molecule has 2 rings (SSSR count). The highest BCUT2D eigenvalue weighted by molar-refractivity contribution is 7.96. The summed E-state index contributed by atoms with van der Waals surface area (Å²) in [5.74, 6) is 2.37. The van der Waals surface area contributed by atoms with Gasteiger partial charge < -0.3 is 0 Å². The Labute approximate surface area is 126 Å². The molecule has 22 heavy (non-hydrogen) atoms. The van der Waals surface area contributed by atoms with Crippen LogP contribution in [0.25, 0.3) is 0 Å². The molecule has 0 heterocycles. The van der Waals surface area contributed by atoms with Crippen LogP contribution in [0.1, 0.15) is 16.7 Å². The van der Waals surface area contributed by atoms with Gasteiger partial charge in [-0.1, -0.05) is 17.7 Å². The molecule has 0 aliphatic carbocycles. The topological polar surface area (TPSA) is 34.1 Å². The van der Waals surface area contributed by atoms with Gasteiger partial charge in [0.1, 0.15) is 0 Å². The molecule has 0 saturated carbocycles. The maximum atomic E-state index is 12.4. The molecule has 0 saturated heterocycles. The van der Waals surface area contributed by atoms with Gasteiger partial charge in [-0.3, -0.25) is 0 Å². The van der Waals surface area contributed by atoms with Crippen LogP contribution < -0.4 is 0 Å². The summed E-state index contributed by atoms with van der Waals surface area (Å²) in [6.07, 6.45) is -4.43. The highest BCUT2D eigenvalue weighted by Crippen LogP contribution is 2.28. The van der Waals surface area contributed by atoms with E-state index in [1.165, 1.54) is 12.1 Å². The fourth-order valence-corrected chi connectivity index (χ4v) is 2.51. The Morgan fingerprint density at radius 3 is 1.95 bits per heavy atom. The van der Waals surface area contributed by atoms with Crippen LogP contribution in [0, 0.1) is 18.1 Å². The summed E-state index contributed by atoms with van der Waals surface area (Å²) in [6.45, 7) is 1.82. The number of benzene rings is 2. The quantitative estimate of drug-likeness (QED) is 0.748. The lowest BCUT2D eigenvalue weighted by Crippen LogP contribution is -2.04. The molecule has 0 aromatic heterocycles. The Morgan fingerprint density at radius 1 is 0.909 bits per heavy atom. The average Bonchev–Trinajstić information content (AvgIpc) is 2.45. The molecule has 2 nitrogen and oxygen atoms in total. The van der Waals surface area contributed by atoms with Crippen LogP contribution in [0.5, 0.6) is 0 Å². The number of sulfone groups is 1. The third kappa shape index (κ3) is 3.89. The summed E-state index contributed by atoms with van der Waals surface area (Å²) in [7, 11) is -3.80. The molecule has 0 aliphatic rings. The maximum absolute atomic E-state index is 12.4. The Morgan fingerprint density at radius 2 is 1.45 bits per heavy atom. The van der Waals surface area contributed by atoms with Crippen molar-refractivity contribution in [3.8, 4) is 11.2 Å². The maximum Gasteiger partial charge on any atom is 0.416 e. The van der Waals surface area contributed by atoms with Crippen molar-refractivity contribution in [1.29, 1.82) is 0 Å². The van der Waals surface area contributed by atoms with E-state index in [1.54, 1.807) is 12.1 Å². The average molecular weight is 324 g/mol. The third-order valence-corrected chi connectivity index (χ3v) is 4.14. The Balaban J connectivity index is 2.28. The zero-order valence-electron chi connectivity index (χ0n) is 11.5. The van der Waals surface area contributed by atoms with E-state index >= 15 is 0 Å². The lowest BCUT2D eigenvalue weighted by Gasteiger charge is -2.05. The van der Waals surface area contributed by atoms with Crippen LogP contribution in [0.4, 0.5) is 13.2 Å². The Hall–Kier alpha value is -2.26. The second-order valence-corrected chi connectivity index (χ2v) is 6.30. The van der Waals surface area contributed by atoms with Gasteiger partial charge in [-0.05, 0) is 49.2 Å². The van der Waals surface area contributed by atoms with E-state index in [0.29, 0.717) is 0 Å². The monoisotopic (exact) mass is 324 g/mol. The molecular formula is C16H11F3O2S. The molecule has 0 amide bonds. The fourth-order valence-electron chi connectivity index (χ4n) is 1.64. The smallest absolute Gasteiger partial charge is 0.210 e. The predicted molar refractivity (Wildman–Crippen MR) is 76.7 cm³/mol. The zero-order chi connectivity index (χ0) is 16.4. The summed E-state index contributed by atoms with van der Waals surface area (Å²) >= 11 is 0. The summed E-state index contributed by atoms with van der Waals surface area (Å²) in [5.41, 5.74) is 0.303. The first-order chi connectivity index (χ1) is 10.2. The van der Waals surface area contributed by atoms with Gasteiger partial charge in [0, 0.05) is 10.8 Å². The highest BCUT2D eigenvalue weighted by atomic mass is 32.2. The first-order valence-electron chi connectivity index (χ1n) is 6.20. The van der Waals surface area contributed by atoms with E-state index in [9.17, 15) is 21.6 Å². The van der Waals surface area contributed by atoms with E-state index in [4.69, 9.17) is 0 Å². The second kappa shape index (κ2) is 5.85. The van der Waals surface area contributed by atoms with Crippen molar-refractivity contribution in [2.75, 3.05) is 0 Å². The van der Waals surface area contributed by atoms with E-state index in [-0.39, 0.29) is 10.5 Å². The van der Waals surface area contributed by atoms with Gasteiger partial charge >= 0.3 is 6.18 Å².